The molecular weight excluding hydrogens is 412 g/mol. The van der Waals surface area contributed by atoms with Crippen LogP contribution in [0.2, 0.25) is 0 Å². The molecular formula is C16H17BrN2O3S2. The van der Waals surface area contributed by atoms with E-state index in [4.69, 9.17) is 17.0 Å². The lowest BCUT2D eigenvalue weighted by atomic mass is 10.2. The van der Waals surface area contributed by atoms with E-state index in [9.17, 15) is 9.59 Å². The first-order chi connectivity index (χ1) is 11.4. The van der Waals surface area contributed by atoms with Gasteiger partial charge in [0.1, 0.15) is 13.2 Å². The number of ether oxygens (including phenoxy) is 1. The van der Waals surface area contributed by atoms with E-state index in [-0.39, 0.29) is 18.7 Å². The zero-order valence-electron chi connectivity index (χ0n) is 13.3. The van der Waals surface area contributed by atoms with E-state index in [0.717, 1.165) is 14.9 Å². The molecule has 0 aliphatic rings. The maximum Gasteiger partial charge on any atom is 0.326 e. The number of benzene rings is 1. The SMILES string of the molecule is CN(C)CCOC(=O)Cn1c(=O)cc(-c2cccc(Br)c2)sc1=S. The Labute approximate surface area is 157 Å². The molecule has 2 rings (SSSR count). The van der Waals surface area contributed by atoms with E-state index in [1.54, 1.807) is 0 Å². The Balaban J connectivity index is 2.17. The molecule has 0 aliphatic carbocycles. The van der Waals surface area contributed by atoms with E-state index in [1.807, 2.05) is 43.3 Å². The van der Waals surface area contributed by atoms with Gasteiger partial charge in [-0.25, -0.2) is 0 Å². The van der Waals surface area contributed by atoms with Gasteiger partial charge in [0.25, 0.3) is 5.56 Å². The zero-order valence-corrected chi connectivity index (χ0v) is 16.5. The Morgan fingerprint density at radius 2 is 2.12 bits per heavy atom. The van der Waals surface area contributed by atoms with Crippen LogP contribution in [0.3, 0.4) is 0 Å². The summed E-state index contributed by atoms with van der Waals surface area (Å²) in [6, 6.07) is 9.12. The highest BCUT2D eigenvalue weighted by molar-refractivity contribution is 9.10. The number of hydrogen-bond acceptors (Lipinski definition) is 6. The van der Waals surface area contributed by atoms with Gasteiger partial charge in [0.2, 0.25) is 0 Å². The van der Waals surface area contributed by atoms with Crippen molar-refractivity contribution in [1.82, 2.24) is 9.47 Å². The lowest BCUT2D eigenvalue weighted by molar-refractivity contribution is -0.144. The second kappa shape index (κ2) is 8.66. The van der Waals surface area contributed by atoms with Crippen molar-refractivity contribution in [2.75, 3.05) is 27.2 Å². The molecule has 0 atom stereocenters. The standard InChI is InChI=1S/C16H17BrN2O3S2/c1-18(2)6-7-22-15(21)10-19-14(20)9-13(24-16(19)23)11-4-3-5-12(17)8-11/h3-5,8-9H,6-7,10H2,1-2H3. The summed E-state index contributed by atoms with van der Waals surface area (Å²) in [4.78, 5) is 26.8. The Hall–Kier alpha value is -1.35. The fourth-order valence-electron chi connectivity index (χ4n) is 1.90. The van der Waals surface area contributed by atoms with Gasteiger partial charge in [-0.15, -0.1) is 11.3 Å². The topological polar surface area (TPSA) is 51.5 Å². The van der Waals surface area contributed by atoms with Gasteiger partial charge >= 0.3 is 5.97 Å². The minimum absolute atomic E-state index is 0.166. The van der Waals surface area contributed by atoms with Gasteiger partial charge in [-0.05, 0) is 44.0 Å². The molecule has 1 aromatic carbocycles. The number of aromatic nitrogens is 1. The summed E-state index contributed by atoms with van der Waals surface area (Å²) in [6.45, 7) is 0.749. The van der Waals surface area contributed by atoms with E-state index < -0.39 is 5.97 Å². The van der Waals surface area contributed by atoms with Gasteiger partial charge < -0.3 is 9.64 Å². The maximum absolute atomic E-state index is 12.3. The van der Waals surface area contributed by atoms with E-state index in [0.29, 0.717) is 10.5 Å². The van der Waals surface area contributed by atoms with Crippen LogP contribution in [0.5, 0.6) is 0 Å². The molecule has 1 aromatic heterocycles. The lowest BCUT2D eigenvalue weighted by Crippen LogP contribution is -2.27. The third-order valence-electron chi connectivity index (χ3n) is 3.14. The average molecular weight is 429 g/mol. The zero-order chi connectivity index (χ0) is 17.7. The number of nitrogens with zero attached hydrogens (tertiary/aromatic N) is 2. The second-order valence-corrected chi connectivity index (χ2v) is 7.93. The molecule has 128 valence electrons. The maximum atomic E-state index is 12.3. The van der Waals surface area contributed by atoms with E-state index in [1.165, 1.54) is 22.0 Å². The van der Waals surface area contributed by atoms with Crippen LogP contribution in [0, 0.1) is 3.95 Å². The average Bonchev–Trinajstić information content (AvgIpc) is 2.50. The largest absolute Gasteiger partial charge is 0.463 e. The molecule has 0 radical (unpaired) electrons. The second-order valence-electron chi connectivity index (χ2n) is 5.34. The highest BCUT2D eigenvalue weighted by Gasteiger charge is 2.10. The summed E-state index contributed by atoms with van der Waals surface area (Å²) < 4.78 is 7.64. The van der Waals surface area contributed by atoms with Gasteiger partial charge in [-0.3, -0.25) is 14.2 Å². The molecule has 0 saturated heterocycles. The van der Waals surface area contributed by atoms with Gasteiger partial charge in [-0.1, -0.05) is 28.1 Å². The Morgan fingerprint density at radius 1 is 1.38 bits per heavy atom. The molecule has 5 nitrogen and oxygen atoms in total. The number of carbonyl (C=O) groups is 1. The van der Waals surface area contributed by atoms with E-state index >= 15 is 0 Å². The molecule has 8 heteroatoms. The summed E-state index contributed by atoms with van der Waals surface area (Å²) >= 11 is 9.99. The predicted octanol–water partition coefficient (Wildman–Crippen LogP) is 3.17. The molecule has 0 unspecified atom stereocenters. The molecule has 0 N–H and O–H groups in total. The van der Waals surface area contributed by atoms with E-state index in [2.05, 4.69) is 15.9 Å². The van der Waals surface area contributed by atoms with Crippen LogP contribution < -0.4 is 5.56 Å². The van der Waals surface area contributed by atoms with Crippen molar-refractivity contribution in [3.05, 3.63) is 49.1 Å². The van der Waals surface area contributed by atoms with Crippen molar-refractivity contribution in [2.45, 2.75) is 6.54 Å². The fraction of sp³-hybridized carbons (Fsp3) is 0.312. The van der Waals surface area contributed by atoms with Crippen LogP contribution in [0.4, 0.5) is 0 Å². The van der Waals surface area contributed by atoms with Crippen LogP contribution >= 0.6 is 39.5 Å². The van der Waals surface area contributed by atoms with Crippen LogP contribution in [0.25, 0.3) is 10.4 Å². The molecule has 0 bridgehead atoms. The van der Waals surface area contributed by atoms with Crippen molar-refractivity contribution in [3.63, 3.8) is 0 Å². The molecule has 0 aliphatic heterocycles. The number of esters is 1. The van der Waals surface area contributed by atoms with Gasteiger partial charge in [0, 0.05) is 22.0 Å². The third-order valence-corrected chi connectivity index (χ3v) is 5.07. The Kier molecular flexibility index (Phi) is 6.85. The first kappa shape index (κ1) is 19.0. The molecule has 24 heavy (non-hydrogen) atoms. The monoisotopic (exact) mass is 428 g/mol. The number of hydrogen-bond donors (Lipinski definition) is 0. The van der Waals surface area contributed by atoms with Crippen LogP contribution in [-0.2, 0) is 16.1 Å². The van der Waals surface area contributed by atoms with Crippen molar-refractivity contribution in [3.8, 4) is 10.4 Å². The van der Waals surface area contributed by atoms with Crippen LogP contribution in [0.1, 0.15) is 0 Å². The van der Waals surface area contributed by atoms with Gasteiger partial charge in [0.05, 0.1) is 0 Å². The molecule has 0 fully saturated rings. The number of likely N-dealkylation sites (N-methyl/N-ethyl adjacent to an activating group) is 1. The summed E-state index contributed by atoms with van der Waals surface area (Å²) in [5, 5.41) is 0. The summed E-state index contributed by atoms with van der Waals surface area (Å²) in [7, 11) is 3.78. The summed E-state index contributed by atoms with van der Waals surface area (Å²) in [5.74, 6) is -0.465. The summed E-state index contributed by atoms with van der Waals surface area (Å²) in [6.07, 6.45) is 0. The molecule has 0 spiro atoms. The van der Waals surface area contributed by atoms with Crippen molar-refractivity contribution in [1.29, 1.82) is 0 Å². The minimum atomic E-state index is -0.465. The quantitative estimate of drug-likeness (QED) is 0.522. The predicted molar refractivity (Wildman–Crippen MR) is 102 cm³/mol. The summed E-state index contributed by atoms with van der Waals surface area (Å²) in [5.41, 5.74) is 0.594. The first-order valence-corrected chi connectivity index (χ1v) is 9.20. The highest BCUT2D eigenvalue weighted by atomic mass is 79.9. The lowest BCUT2D eigenvalue weighted by Gasteiger charge is -2.11. The third kappa shape index (κ3) is 5.34. The molecule has 1 heterocycles. The Bertz CT molecular complexity index is 814. The van der Waals surface area contributed by atoms with Crippen LogP contribution in [-0.4, -0.2) is 42.7 Å². The first-order valence-electron chi connectivity index (χ1n) is 7.18. The number of halogens is 1. The molecule has 0 saturated carbocycles. The minimum Gasteiger partial charge on any atom is -0.463 e. The van der Waals surface area contributed by atoms with Crippen molar-refractivity contribution >= 4 is 45.5 Å². The fourth-order valence-corrected chi connectivity index (χ4v) is 3.58. The number of rotatable bonds is 6. The number of carbonyl (C=O) groups excluding carboxylic acids is 1. The normalized spacial score (nSPS) is 10.8. The highest BCUT2D eigenvalue weighted by Crippen LogP contribution is 2.25. The van der Waals surface area contributed by atoms with Gasteiger partial charge in [0.15, 0.2) is 3.95 Å². The molecule has 0 amide bonds. The van der Waals surface area contributed by atoms with Crippen molar-refractivity contribution in [2.24, 2.45) is 0 Å². The van der Waals surface area contributed by atoms with Gasteiger partial charge in [-0.2, -0.15) is 0 Å². The smallest absolute Gasteiger partial charge is 0.326 e. The molecule has 2 aromatic rings. The van der Waals surface area contributed by atoms with Crippen molar-refractivity contribution < 1.29 is 9.53 Å². The van der Waals surface area contributed by atoms with Crippen LogP contribution in [0.15, 0.2) is 39.6 Å². The Morgan fingerprint density at radius 3 is 2.75 bits per heavy atom.